The number of nitrogens with zero attached hydrogens (tertiary/aromatic N) is 1. The van der Waals surface area contributed by atoms with Gasteiger partial charge in [-0.1, -0.05) is 12.5 Å². The fraction of sp³-hybridized carbons (Fsp3) is 0.476. The van der Waals surface area contributed by atoms with Gasteiger partial charge in [0.05, 0.1) is 6.04 Å². The van der Waals surface area contributed by atoms with E-state index in [0.717, 1.165) is 30.0 Å². The van der Waals surface area contributed by atoms with Crippen LogP contribution in [0.5, 0.6) is 5.75 Å². The van der Waals surface area contributed by atoms with Gasteiger partial charge in [0.1, 0.15) is 5.75 Å². The molecule has 1 amide bonds. The fourth-order valence-electron chi connectivity index (χ4n) is 3.58. The number of hydrogen-bond acceptors (Lipinski definition) is 4. The van der Waals surface area contributed by atoms with Crippen LogP contribution in [-0.4, -0.2) is 37.0 Å². The highest BCUT2D eigenvalue weighted by atomic mass is 32.1. The molecule has 1 fully saturated rings. The van der Waals surface area contributed by atoms with Crippen molar-refractivity contribution in [1.29, 1.82) is 0 Å². The Kier molecular flexibility index (Phi) is 6.69. The first kappa shape index (κ1) is 18.9. The molecule has 0 spiro atoms. The first-order valence-electron chi connectivity index (χ1n) is 9.36. The van der Waals surface area contributed by atoms with Gasteiger partial charge in [-0.05, 0) is 85.4 Å². The summed E-state index contributed by atoms with van der Waals surface area (Å²) in [6, 6.07) is 8.44. The lowest BCUT2D eigenvalue weighted by Crippen LogP contribution is -2.41. The minimum Gasteiger partial charge on any atom is -0.484 e. The average molecular weight is 373 g/mol. The van der Waals surface area contributed by atoms with E-state index in [4.69, 9.17) is 4.74 Å². The minimum atomic E-state index is -0.0681. The van der Waals surface area contributed by atoms with Crippen LogP contribution in [0.2, 0.25) is 0 Å². The standard InChI is InChI=1S/C21H28N2O2S/c1-16-10-17(2)12-19(11-16)25-14-21(24)22-13-20(18-6-9-26-15-18)23-7-4-3-5-8-23/h6,9-12,15,20H,3-5,7-8,13-14H2,1-2H3,(H,22,24). The molecule has 2 aromatic rings. The Labute approximate surface area is 160 Å². The second kappa shape index (κ2) is 9.19. The van der Waals surface area contributed by atoms with Crippen LogP contribution in [0.25, 0.3) is 0 Å². The van der Waals surface area contributed by atoms with Crippen LogP contribution in [0.3, 0.4) is 0 Å². The van der Waals surface area contributed by atoms with Crippen molar-refractivity contribution in [3.05, 3.63) is 51.7 Å². The van der Waals surface area contributed by atoms with E-state index in [1.807, 2.05) is 26.0 Å². The highest BCUT2D eigenvalue weighted by Crippen LogP contribution is 2.25. The third-order valence-electron chi connectivity index (χ3n) is 4.82. The summed E-state index contributed by atoms with van der Waals surface area (Å²) in [6.07, 6.45) is 3.79. The summed E-state index contributed by atoms with van der Waals surface area (Å²) in [5.41, 5.74) is 3.58. The molecular formula is C21H28N2O2S. The predicted molar refractivity (Wildman–Crippen MR) is 107 cm³/mol. The third-order valence-corrected chi connectivity index (χ3v) is 5.52. The van der Waals surface area contributed by atoms with Crippen molar-refractivity contribution in [3.63, 3.8) is 0 Å². The zero-order valence-corrected chi connectivity index (χ0v) is 16.5. The molecule has 1 atom stereocenters. The molecule has 5 heteroatoms. The zero-order chi connectivity index (χ0) is 18.4. The number of ether oxygens (including phenoxy) is 1. The van der Waals surface area contributed by atoms with E-state index in [2.05, 4.69) is 33.1 Å². The second-order valence-electron chi connectivity index (χ2n) is 7.09. The molecule has 0 saturated carbocycles. The zero-order valence-electron chi connectivity index (χ0n) is 15.7. The molecule has 1 saturated heterocycles. The van der Waals surface area contributed by atoms with Gasteiger partial charge in [0.15, 0.2) is 6.61 Å². The van der Waals surface area contributed by atoms with Crippen LogP contribution in [-0.2, 0) is 4.79 Å². The first-order chi connectivity index (χ1) is 12.6. The quantitative estimate of drug-likeness (QED) is 0.796. The summed E-state index contributed by atoms with van der Waals surface area (Å²) in [5.74, 6) is 0.685. The summed E-state index contributed by atoms with van der Waals surface area (Å²) >= 11 is 1.71. The van der Waals surface area contributed by atoms with Crippen molar-refractivity contribution < 1.29 is 9.53 Å². The van der Waals surface area contributed by atoms with E-state index in [9.17, 15) is 4.79 Å². The molecule has 0 radical (unpaired) electrons. The van der Waals surface area contributed by atoms with Gasteiger partial charge in [0, 0.05) is 6.54 Å². The molecule has 3 rings (SSSR count). The molecule has 0 aliphatic carbocycles. The Hall–Kier alpha value is -1.85. The number of rotatable bonds is 7. The monoisotopic (exact) mass is 372 g/mol. The number of amides is 1. The number of nitrogens with one attached hydrogen (secondary N) is 1. The number of thiophene rings is 1. The summed E-state index contributed by atoms with van der Waals surface area (Å²) in [7, 11) is 0. The van der Waals surface area contributed by atoms with E-state index >= 15 is 0 Å². The highest BCUT2D eigenvalue weighted by molar-refractivity contribution is 7.07. The van der Waals surface area contributed by atoms with Gasteiger partial charge >= 0.3 is 0 Å². The van der Waals surface area contributed by atoms with Crippen LogP contribution in [0.1, 0.15) is 42.0 Å². The van der Waals surface area contributed by atoms with Crippen molar-refractivity contribution in [2.75, 3.05) is 26.2 Å². The van der Waals surface area contributed by atoms with Crippen LogP contribution in [0.15, 0.2) is 35.0 Å². The van der Waals surface area contributed by atoms with Crippen LogP contribution >= 0.6 is 11.3 Å². The molecule has 1 aromatic heterocycles. The number of aryl methyl sites for hydroxylation is 2. The van der Waals surface area contributed by atoms with Gasteiger partial charge in [-0.15, -0.1) is 0 Å². The fourth-order valence-corrected chi connectivity index (χ4v) is 4.29. The molecule has 0 bridgehead atoms. The van der Waals surface area contributed by atoms with E-state index in [0.29, 0.717) is 6.54 Å². The Balaban J connectivity index is 1.53. The van der Waals surface area contributed by atoms with Crippen LogP contribution in [0.4, 0.5) is 0 Å². The molecular weight excluding hydrogens is 344 g/mol. The number of carbonyl (C=O) groups is 1. The molecule has 1 unspecified atom stereocenters. The molecule has 1 N–H and O–H groups in total. The molecule has 2 heterocycles. The summed E-state index contributed by atoms with van der Waals surface area (Å²) < 4.78 is 5.67. The molecule has 1 aliphatic rings. The second-order valence-corrected chi connectivity index (χ2v) is 7.87. The van der Waals surface area contributed by atoms with Gasteiger partial charge in [-0.2, -0.15) is 11.3 Å². The van der Waals surface area contributed by atoms with Crippen molar-refractivity contribution in [3.8, 4) is 5.75 Å². The van der Waals surface area contributed by atoms with Gasteiger partial charge in [-0.3, -0.25) is 9.69 Å². The van der Waals surface area contributed by atoms with Crippen molar-refractivity contribution in [2.45, 2.75) is 39.2 Å². The highest BCUT2D eigenvalue weighted by Gasteiger charge is 2.23. The molecule has 26 heavy (non-hydrogen) atoms. The number of likely N-dealkylation sites (tertiary alicyclic amines) is 1. The largest absolute Gasteiger partial charge is 0.484 e. The third kappa shape index (κ3) is 5.32. The Morgan fingerprint density at radius 1 is 1.19 bits per heavy atom. The van der Waals surface area contributed by atoms with Gasteiger partial charge in [-0.25, -0.2) is 0 Å². The lowest BCUT2D eigenvalue weighted by Gasteiger charge is -2.34. The van der Waals surface area contributed by atoms with E-state index in [-0.39, 0.29) is 18.6 Å². The number of hydrogen-bond donors (Lipinski definition) is 1. The van der Waals surface area contributed by atoms with Crippen LogP contribution < -0.4 is 10.1 Å². The Morgan fingerprint density at radius 3 is 2.58 bits per heavy atom. The summed E-state index contributed by atoms with van der Waals surface area (Å²) in [5, 5.41) is 7.37. The van der Waals surface area contributed by atoms with Crippen molar-refractivity contribution in [2.24, 2.45) is 0 Å². The number of benzene rings is 1. The normalized spacial score (nSPS) is 16.2. The Morgan fingerprint density at radius 2 is 1.92 bits per heavy atom. The maximum Gasteiger partial charge on any atom is 0.258 e. The molecule has 140 valence electrons. The number of piperidine rings is 1. The van der Waals surface area contributed by atoms with Gasteiger partial charge < -0.3 is 10.1 Å². The van der Waals surface area contributed by atoms with Crippen molar-refractivity contribution >= 4 is 17.2 Å². The summed E-state index contributed by atoms with van der Waals surface area (Å²) in [4.78, 5) is 14.8. The molecule has 1 aromatic carbocycles. The maximum atomic E-state index is 12.3. The smallest absolute Gasteiger partial charge is 0.258 e. The summed E-state index contributed by atoms with van der Waals surface area (Å²) in [6.45, 7) is 6.96. The van der Waals surface area contributed by atoms with Gasteiger partial charge in [0.2, 0.25) is 0 Å². The number of carbonyl (C=O) groups excluding carboxylic acids is 1. The molecule has 1 aliphatic heterocycles. The van der Waals surface area contributed by atoms with E-state index < -0.39 is 0 Å². The van der Waals surface area contributed by atoms with E-state index in [1.165, 1.54) is 24.8 Å². The predicted octanol–water partition coefficient (Wildman–Crippen LogP) is 4.09. The molecule has 4 nitrogen and oxygen atoms in total. The minimum absolute atomic E-state index is 0.0548. The SMILES string of the molecule is Cc1cc(C)cc(OCC(=O)NCC(c2ccsc2)N2CCCCC2)c1. The first-order valence-corrected chi connectivity index (χ1v) is 10.3. The van der Waals surface area contributed by atoms with Crippen LogP contribution in [0, 0.1) is 13.8 Å². The average Bonchev–Trinajstić information content (AvgIpc) is 3.15. The van der Waals surface area contributed by atoms with Crippen molar-refractivity contribution in [1.82, 2.24) is 10.2 Å². The van der Waals surface area contributed by atoms with Gasteiger partial charge in [0.25, 0.3) is 5.91 Å². The van der Waals surface area contributed by atoms with E-state index in [1.54, 1.807) is 11.3 Å². The topological polar surface area (TPSA) is 41.6 Å². The Bertz CT molecular complexity index is 689. The maximum absolute atomic E-state index is 12.3. The lowest BCUT2D eigenvalue weighted by atomic mass is 10.0. The lowest BCUT2D eigenvalue weighted by molar-refractivity contribution is -0.123.